The highest BCUT2D eigenvalue weighted by atomic mass is 28.4. The molecule has 0 spiro atoms. The Morgan fingerprint density at radius 3 is 1.92 bits per heavy atom. The average Bonchev–Trinajstić information content (AvgIpc) is 3.21. The minimum atomic E-state index is -3.32. The molecule has 2 aromatic carbocycles. The first-order valence-corrected chi connectivity index (χ1v) is 19.0. The normalized spacial score (nSPS) is 22.7. The van der Waals surface area contributed by atoms with Gasteiger partial charge in [0.2, 0.25) is 5.91 Å². The van der Waals surface area contributed by atoms with Gasteiger partial charge in [0.25, 0.3) is 8.32 Å². The predicted molar refractivity (Wildman–Crippen MR) is 193 cm³/mol. The van der Waals surface area contributed by atoms with E-state index in [9.17, 15) is 19.5 Å². The zero-order chi connectivity index (χ0) is 37.5. The fraction of sp³-hybridized carbons (Fsp3) is 0.605. The molecule has 11 nitrogen and oxygen atoms in total. The molecule has 0 bridgehead atoms. The van der Waals surface area contributed by atoms with Crippen LogP contribution in [-0.2, 0) is 37.7 Å². The maximum atomic E-state index is 14.5. The van der Waals surface area contributed by atoms with E-state index in [0.29, 0.717) is 0 Å². The van der Waals surface area contributed by atoms with Crippen molar-refractivity contribution in [3.05, 3.63) is 60.7 Å². The zero-order valence-corrected chi connectivity index (χ0v) is 32.6. The maximum Gasteiger partial charge on any atom is 0.417 e. The number of likely N-dealkylation sites (tertiary alicyclic amines) is 1. The van der Waals surface area contributed by atoms with Crippen molar-refractivity contribution in [1.82, 2.24) is 4.90 Å². The van der Waals surface area contributed by atoms with Gasteiger partial charge in [-0.1, -0.05) is 95.3 Å². The molecule has 0 aromatic heterocycles. The number of benzene rings is 2. The van der Waals surface area contributed by atoms with E-state index < -0.39 is 60.1 Å². The first-order chi connectivity index (χ1) is 23.3. The molecule has 0 saturated carbocycles. The zero-order valence-electron chi connectivity index (χ0n) is 31.6. The van der Waals surface area contributed by atoms with E-state index in [-0.39, 0.29) is 39.0 Å². The number of amides is 2. The Bertz CT molecular complexity index is 1390. The minimum Gasteiger partial charge on any atom is -0.466 e. The van der Waals surface area contributed by atoms with E-state index >= 15 is 0 Å². The first-order valence-electron chi connectivity index (χ1n) is 17.1. The van der Waals surface area contributed by atoms with Crippen LogP contribution in [0.25, 0.3) is 0 Å². The van der Waals surface area contributed by atoms with Crippen LogP contribution in [0, 0.1) is 11.8 Å². The van der Waals surface area contributed by atoms with Gasteiger partial charge in [-0.2, -0.15) is 0 Å². The summed E-state index contributed by atoms with van der Waals surface area (Å²) in [5.41, 5.74) is -4.93. The number of carbonyl (C=O) groups is 3. The van der Waals surface area contributed by atoms with Crippen molar-refractivity contribution in [1.29, 1.82) is 0 Å². The molecule has 1 fully saturated rings. The molecule has 0 radical (unpaired) electrons. The van der Waals surface area contributed by atoms with E-state index in [2.05, 4.69) is 20.8 Å². The summed E-state index contributed by atoms with van der Waals surface area (Å²) in [7, 11) is -0.416. The number of hydrogen-bond donors (Lipinski definition) is 1. The van der Waals surface area contributed by atoms with Crippen molar-refractivity contribution in [3.8, 4) is 0 Å². The summed E-state index contributed by atoms with van der Waals surface area (Å²) in [6.45, 7) is 15.4. The molecular formula is C38H57NO10Si. The lowest BCUT2D eigenvalue weighted by Gasteiger charge is -2.51. The van der Waals surface area contributed by atoms with Crippen LogP contribution in [-0.4, -0.2) is 100.0 Å². The highest BCUT2D eigenvalue weighted by Crippen LogP contribution is 2.50. The lowest BCUT2D eigenvalue weighted by molar-refractivity contribution is -0.200. The van der Waals surface area contributed by atoms with Gasteiger partial charge < -0.3 is 33.2 Å². The van der Waals surface area contributed by atoms with E-state index in [1.165, 1.54) is 21.1 Å². The molecule has 278 valence electrons. The standard InChI is InChI=1S/C38H57NO10Si/c1-27(23-47-29(3)40)22-32(45-11)38(43)28(2)33(41)39(34(42)49-35(4,5)6)37(38,24-46-26-44-10)25-48-50(36(7,8)9,30-18-14-12-15-19-30)31-20-16-13-17-21-31/h12-21,27-28,32,43H,22-26H2,1-11H3/t27-,28+,32+,37+,38-/m1/s1. The topological polar surface area (TPSA) is 130 Å². The SMILES string of the molecule is COCOC[C@@]1(CO[Si](c2ccccc2)(c2ccccc2)C(C)(C)C)N(C(=O)OC(C)(C)C)C(=O)[C@H](C)[C@@]1(O)[C@H](C[C@@H](C)COC(C)=O)OC. The average molecular weight is 716 g/mol. The molecule has 1 aliphatic rings. The summed E-state index contributed by atoms with van der Waals surface area (Å²) >= 11 is 0. The van der Waals surface area contributed by atoms with Crippen molar-refractivity contribution >= 4 is 36.7 Å². The maximum absolute atomic E-state index is 14.5. The summed E-state index contributed by atoms with van der Waals surface area (Å²) < 4.78 is 35.9. The van der Waals surface area contributed by atoms with Crippen LogP contribution in [0.1, 0.15) is 68.7 Å². The lowest BCUT2D eigenvalue weighted by Crippen LogP contribution is -2.74. The number of esters is 1. The lowest BCUT2D eigenvalue weighted by atomic mass is 9.70. The van der Waals surface area contributed by atoms with Gasteiger partial charge in [-0.15, -0.1) is 0 Å². The third-order valence-electron chi connectivity index (χ3n) is 9.45. The highest BCUT2D eigenvalue weighted by molar-refractivity contribution is 6.99. The monoisotopic (exact) mass is 715 g/mol. The van der Waals surface area contributed by atoms with Crippen LogP contribution in [0.2, 0.25) is 5.04 Å². The molecule has 1 saturated heterocycles. The number of ether oxygens (including phenoxy) is 5. The minimum absolute atomic E-state index is 0.0646. The van der Waals surface area contributed by atoms with E-state index in [1.54, 1.807) is 27.7 Å². The molecule has 2 amide bonds. The molecule has 12 heteroatoms. The van der Waals surface area contributed by atoms with Crippen molar-refractivity contribution < 1.29 is 47.6 Å². The number of nitrogens with zero attached hydrogens (tertiary/aromatic N) is 1. The Labute approximate surface area is 298 Å². The molecule has 1 heterocycles. The number of imide groups is 1. The van der Waals surface area contributed by atoms with Gasteiger partial charge in [0.05, 0.1) is 31.8 Å². The van der Waals surface area contributed by atoms with Crippen LogP contribution in [0.15, 0.2) is 60.7 Å². The van der Waals surface area contributed by atoms with Crippen LogP contribution in [0.3, 0.4) is 0 Å². The summed E-state index contributed by atoms with van der Waals surface area (Å²) in [4.78, 5) is 41.4. The van der Waals surface area contributed by atoms with Crippen LogP contribution in [0.5, 0.6) is 0 Å². The van der Waals surface area contributed by atoms with Gasteiger partial charge in [-0.25, -0.2) is 9.69 Å². The second-order valence-electron chi connectivity index (χ2n) is 15.3. The Morgan fingerprint density at radius 1 is 0.940 bits per heavy atom. The second-order valence-corrected chi connectivity index (χ2v) is 19.6. The Balaban J connectivity index is 2.37. The van der Waals surface area contributed by atoms with Gasteiger partial charge in [-0.3, -0.25) is 9.59 Å². The van der Waals surface area contributed by atoms with Gasteiger partial charge in [-0.05, 0) is 48.5 Å². The second kappa shape index (κ2) is 16.5. The first kappa shape index (κ1) is 41.3. The molecule has 1 aliphatic heterocycles. The Morgan fingerprint density at radius 2 is 1.48 bits per heavy atom. The Kier molecular flexibility index (Phi) is 13.6. The number of rotatable bonds is 15. The van der Waals surface area contributed by atoms with Crippen molar-refractivity contribution in [2.45, 2.75) is 96.6 Å². The molecule has 2 aromatic rings. The molecule has 50 heavy (non-hydrogen) atoms. The van der Waals surface area contributed by atoms with Gasteiger partial charge in [0, 0.05) is 21.1 Å². The van der Waals surface area contributed by atoms with E-state index in [0.717, 1.165) is 15.3 Å². The molecule has 5 atom stereocenters. The van der Waals surface area contributed by atoms with Gasteiger partial charge >= 0.3 is 12.1 Å². The van der Waals surface area contributed by atoms with Crippen molar-refractivity contribution in [2.24, 2.45) is 11.8 Å². The smallest absolute Gasteiger partial charge is 0.417 e. The van der Waals surface area contributed by atoms with Crippen LogP contribution < -0.4 is 10.4 Å². The molecule has 3 rings (SSSR count). The van der Waals surface area contributed by atoms with E-state index in [1.807, 2.05) is 67.6 Å². The van der Waals surface area contributed by atoms with Crippen LogP contribution in [0.4, 0.5) is 4.79 Å². The number of hydrogen-bond acceptors (Lipinski definition) is 10. The molecular weight excluding hydrogens is 659 g/mol. The molecule has 0 unspecified atom stereocenters. The number of carbonyl (C=O) groups excluding carboxylic acids is 3. The molecule has 0 aliphatic carbocycles. The fourth-order valence-corrected chi connectivity index (χ4v) is 11.8. The summed E-state index contributed by atoms with van der Waals surface area (Å²) in [6, 6.07) is 19.9. The quantitative estimate of drug-likeness (QED) is 0.120. The fourth-order valence-electron chi connectivity index (χ4n) is 7.16. The van der Waals surface area contributed by atoms with E-state index in [4.69, 9.17) is 28.1 Å². The largest absolute Gasteiger partial charge is 0.466 e. The van der Waals surface area contributed by atoms with Crippen molar-refractivity contribution in [2.75, 3.05) is 40.8 Å². The highest BCUT2D eigenvalue weighted by Gasteiger charge is 2.73. The predicted octanol–water partition coefficient (Wildman–Crippen LogP) is 4.67. The van der Waals surface area contributed by atoms with Crippen molar-refractivity contribution in [3.63, 3.8) is 0 Å². The third kappa shape index (κ3) is 8.32. The number of methoxy groups -OCH3 is 2. The Hall–Kier alpha value is -3.13. The third-order valence-corrected chi connectivity index (χ3v) is 14.4. The van der Waals surface area contributed by atoms with Crippen LogP contribution >= 0.6 is 0 Å². The summed E-state index contributed by atoms with van der Waals surface area (Å²) in [6.07, 6.45) is -1.82. The number of aliphatic hydroxyl groups is 1. The summed E-state index contributed by atoms with van der Waals surface area (Å²) in [5, 5.41) is 14.8. The van der Waals surface area contributed by atoms with Gasteiger partial charge in [0.15, 0.2) is 0 Å². The van der Waals surface area contributed by atoms with Gasteiger partial charge in [0.1, 0.15) is 23.5 Å². The molecule has 1 N–H and O–H groups in total. The summed E-state index contributed by atoms with van der Waals surface area (Å²) in [5.74, 6) is -2.56.